The van der Waals surface area contributed by atoms with Gasteiger partial charge >= 0.3 is 0 Å². The summed E-state index contributed by atoms with van der Waals surface area (Å²) < 4.78 is 11.2. The summed E-state index contributed by atoms with van der Waals surface area (Å²) in [6.07, 6.45) is 7.50. The molecule has 0 radical (unpaired) electrons. The molecule has 26 heavy (non-hydrogen) atoms. The number of guanidine groups is 1. The summed E-state index contributed by atoms with van der Waals surface area (Å²) in [5.74, 6) is 1.80. The Morgan fingerprint density at radius 1 is 1.15 bits per heavy atom. The number of nitrogens with zero attached hydrogens (tertiary/aromatic N) is 2. The van der Waals surface area contributed by atoms with Gasteiger partial charge in [0.15, 0.2) is 5.96 Å². The predicted octanol–water partition coefficient (Wildman–Crippen LogP) is 2.48. The molecule has 2 aliphatic rings. The largest absolute Gasteiger partial charge is 0.379 e. The minimum atomic E-state index is 0. The van der Waals surface area contributed by atoms with Crippen LogP contribution in [0, 0.1) is 5.92 Å². The van der Waals surface area contributed by atoms with Crippen molar-refractivity contribution in [3.63, 3.8) is 0 Å². The summed E-state index contributed by atoms with van der Waals surface area (Å²) in [4.78, 5) is 6.87. The van der Waals surface area contributed by atoms with Gasteiger partial charge in [0.05, 0.1) is 12.7 Å². The molecule has 0 spiro atoms. The van der Waals surface area contributed by atoms with Gasteiger partial charge in [-0.1, -0.05) is 6.92 Å². The first kappa shape index (κ1) is 23.9. The molecule has 0 aromatic heterocycles. The van der Waals surface area contributed by atoms with Crippen LogP contribution in [-0.2, 0) is 9.47 Å². The van der Waals surface area contributed by atoms with E-state index in [1.165, 1.54) is 45.3 Å². The van der Waals surface area contributed by atoms with Gasteiger partial charge in [-0.15, -0.1) is 24.0 Å². The Balaban J connectivity index is 0.00000338. The van der Waals surface area contributed by atoms with Crippen LogP contribution in [0.3, 0.4) is 0 Å². The van der Waals surface area contributed by atoms with Gasteiger partial charge in [0.1, 0.15) is 0 Å². The SMILES string of the molecule is CN=C(NCCCOCC1CCCO1)NCCCN1CCC(C)CC1.I. The first-order valence-corrected chi connectivity index (χ1v) is 10.1. The monoisotopic (exact) mass is 482 g/mol. The predicted molar refractivity (Wildman–Crippen MR) is 119 cm³/mol. The van der Waals surface area contributed by atoms with Crippen LogP contribution >= 0.6 is 24.0 Å². The number of likely N-dealkylation sites (tertiary alicyclic amines) is 1. The number of aliphatic imine (C=N–C) groups is 1. The molecule has 0 bridgehead atoms. The van der Waals surface area contributed by atoms with Crippen molar-refractivity contribution in [2.24, 2.45) is 10.9 Å². The van der Waals surface area contributed by atoms with Crippen molar-refractivity contribution in [3.05, 3.63) is 0 Å². The zero-order chi connectivity index (χ0) is 17.7. The van der Waals surface area contributed by atoms with E-state index in [0.29, 0.717) is 6.10 Å². The summed E-state index contributed by atoms with van der Waals surface area (Å²) in [6, 6.07) is 0. The molecule has 0 saturated carbocycles. The van der Waals surface area contributed by atoms with Crippen LogP contribution in [0.1, 0.15) is 45.4 Å². The summed E-state index contributed by atoms with van der Waals surface area (Å²) in [7, 11) is 1.83. The average Bonchev–Trinajstić information content (AvgIpc) is 3.14. The number of halogens is 1. The number of nitrogens with one attached hydrogen (secondary N) is 2. The Hall–Kier alpha value is -0.120. The second kappa shape index (κ2) is 14.9. The smallest absolute Gasteiger partial charge is 0.190 e. The molecule has 0 amide bonds. The first-order chi connectivity index (χ1) is 12.3. The number of rotatable bonds is 10. The van der Waals surface area contributed by atoms with E-state index in [4.69, 9.17) is 9.47 Å². The fourth-order valence-corrected chi connectivity index (χ4v) is 3.39. The van der Waals surface area contributed by atoms with Crippen LogP contribution in [0.5, 0.6) is 0 Å². The lowest BCUT2D eigenvalue weighted by Gasteiger charge is -2.30. The van der Waals surface area contributed by atoms with Crippen LogP contribution in [0.4, 0.5) is 0 Å². The Labute approximate surface area is 176 Å². The Kier molecular flexibility index (Phi) is 13.7. The molecule has 2 saturated heterocycles. The van der Waals surface area contributed by atoms with E-state index in [-0.39, 0.29) is 24.0 Å². The van der Waals surface area contributed by atoms with Gasteiger partial charge < -0.3 is 25.0 Å². The minimum Gasteiger partial charge on any atom is -0.379 e. The van der Waals surface area contributed by atoms with Gasteiger partial charge in [-0.05, 0) is 64.1 Å². The summed E-state index contributed by atoms with van der Waals surface area (Å²) in [5.41, 5.74) is 0. The summed E-state index contributed by atoms with van der Waals surface area (Å²) >= 11 is 0. The van der Waals surface area contributed by atoms with Crippen LogP contribution in [0.2, 0.25) is 0 Å². The van der Waals surface area contributed by atoms with Crippen LogP contribution in [-0.4, -0.2) is 76.6 Å². The first-order valence-electron chi connectivity index (χ1n) is 10.1. The van der Waals surface area contributed by atoms with E-state index in [9.17, 15) is 0 Å². The molecule has 6 nitrogen and oxygen atoms in total. The van der Waals surface area contributed by atoms with E-state index in [2.05, 4.69) is 27.4 Å². The normalized spacial score (nSPS) is 22.2. The van der Waals surface area contributed by atoms with Crippen molar-refractivity contribution >= 4 is 29.9 Å². The standard InChI is InChI=1S/C19H38N4O2.HI/c1-17-7-12-23(13-8-17)11-4-9-21-19(20-2)22-10-5-14-24-16-18-6-3-15-25-18;/h17-18H,3-16H2,1-2H3,(H2,20,21,22);1H. The van der Waals surface area contributed by atoms with Crippen molar-refractivity contribution in [2.45, 2.75) is 51.6 Å². The lowest BCUT2D eigenvalue weighted by molar-refractivity contribution is 0.0168. The quantitative estimate of drug-likeness (QED) is 0.217. The van der Waals surface area contributed by atoms with E-state index < -0.39 is 0 Å². The van der Waals surface area contributed by atoms with Crippen molar-refractivity contribution in [3.8, 4) is 0 Å². The molecule has 2 aliphatic heterocycles. The molecule has 0 aromatic carbocycles. The highest BCUT2D eigenvalue weighted by molar-refractivity contribution is 14.0. The third kappa shape index (κ3) is 10.3. The zero-order valence-electron chi connectivity index (χ0n) is 16.7. The maximum absolute atomic E-state index is 5.68. The highest BCUT2D eigenvalue weighted by Gasteiger charge is 2.15. The van der Waals surface area contributed by atoms with Crippen LogP contribution in [0.15, 0.2) is 4.99 Å². The highest BCUT2D eigenvalue weighted by Crippen LogP contribution is 2.15. The molecule has 154 valence electrons. The van der Waals surface area contributed by atoms with Gasteiger partial charge in [0, 0.05) is 33.4 Å². The van der Waals surface area contributed by atoms with Gasteiger partial charge in [0.25, 0.3) is 0 Å². The zero-order valence-corrected chi connectivity index (χ0v) is 19.0. The van der Waals surface area contributed by atoms with Crippen LogP contribution in [0.25, 0.3) is 0 Å². The molecule has 1 unspecified atom stereocenters. The third-order valence-corrected chi connectivity index (χ3v) is 5.13. The lowest BCUT2D eigenvalue weighted by atomic mass is 9.99. The molecule has 2 fully saturated rings. The molecule has 2 heterocycles. The van der Waals surface area contributed by atoms with E-state index in [1.54, 1.807) is 0 Å². The van der Waals surface area contributed by atoms with Crippen molar-refractivity contribution in [1.29, 1.82) is 0 Å². The Morgan fingerprint density at radius 2 is 1.88 bits per heavy atom. The molecule has 2 N–H and O–H groups in total. The fourth-order valence-electron chi connectivity index (χ4n) is 3.39. The fraction of sp³-hybridized carbons (Fsp3) is 0.947. The Morgan fingerprint density at radius 3 is 2.54 bits per heavy atom. The number of piperidine rings is 1. The van der Waals surface area contributed by atoms with Gasteiger partial charge in [-0.2, -0.15) is 0 Å². The van der Waals surface area contributed by atoms with E-state index in [0.717, 1.165) is 57.6 Å². The third-order valence-electron chi connectivity index (χ3n) is 5.13. The van der Waals surface area contributed by atoms with Crippen molar-refractivity contribution in [2.75, 3.05) is 59.6 Å². The van der Waals surface area contributed by atoms with Gasteiger partial charge in [-0.25, -0.2) is 0 Å². The molecular weight excluding hydrogens is 443 g/mol. The summed E-state index contributed by atoms with van der Waals surface area (Å²) in [6.45, 7) is 10.3. The van der Waals surface area contributed by atoms with E-state index in [1.807, 2.05) is 7.05 Å². The highest BCUT2D eigenvalue weighted by atomic mass is 127. The molecule has 0 aliphatic carbocycles. The average molecular weight is 482 g/mol. The molecule has 1 atom stereocenters. The number of hydrogen-bond acceptors (Lipinski definition) is 4. The minimum absolute atomic E-state index is 0. The van der Waals surface area contributed by atoms with Crippen molar-refractivity contribution in [1.82, 2.24) is 15.5 Å². The topological polar surface area (TPSA) is 58.1 Å². The van der Waals surface area contributed by atoms with Crippen LogP contribution < -0.4 is 10.6 Å². The summed E-state index contributed by atoms with van der Waals surface area (Å²) in [5, 5.41) is 6.76. The number of ether oxygens (including phenoxy) is 2. The molecule has 0 aromatic rings. The second-order valence-electron chi connectivity index (χ2n) is 7.37. The number of hydrogen-bond donors (Lipinski definition) is 2. The lowest BCUT2D eigenvalue weighted by Crippen LogP contribution is -2.40. The van der Waals surface area contributed by atoms with E-state index >= 15 is 0 Å². The maximum Gasteiger partial charge on any atom is 0.190 e. The van der Waals surface area contributed by atoms with Gasteiger partial charge in [-0.3, -0.25) is 4.99 Å². The second-order valence-corrected chi connectivity index (χ2v) is 7.37. The maximum atomic E-state index is 5.68. The van der Waals surface area contributed by atoms with Crippen molar-refractivity contribution < 1.29 is 9.47 Å². The molecule has 7 heteroatoms. The molecular formula is C19H39IN4O2. The molecule has 2 rings (SSSR count). The van der Waals surface area contributed by atoms with Gasteiger partial charge in [0.2, 0.25) is 0 Å². The Bertz CT molecular complexity index is 371.